The average Bonchev–Trinajstić information content (AvgIpc) is 2.62. The second-order valence-electron chi connectivity index (χ2n) is 3.20. The van der Waals surface area contributed by atoms with E-state index in [9.17, 15) is 4.79 Å². The Morgan fingerprint density at radius 2 is 2.47 bits per heavy atom. The maximum absolute atomic E-state index is 10.8. The highest BCUT2D eigenvalue weighted by atomic mass is 32.2. The highest BCUT2D eigenvalue weighted by Gasteiger charge is 2.23. The van der Waals surface area contributed by atoms with Crippen LogP contribution in [0.25, 0.3) is 0 Å². The van der Waals surface area contributed by atoms with Gasteiger partial charge in [-0.3, -0.25) is 0 Å². The number of thiazole rings is 1. The third-order valence-electron chi connectivity index (χ3n) is 2.11. The van der Waals surface area contributed by atoms with Crippen LogP contribution >= 0.6 is 23.1 Å². The number of carboxylic acid groups (broad SMARTS) is 1. The van der Waals surface area contributed by atoms with Gasteiger partial charge in [-0.15, -0.1) is 11.3 Å². The molecule has 1 N–H and O–H groups in total. The first-order valence-electron chi connectivity index (χ1n) is 4.58. The first-order valence-corrected chi connectivity index (χ1v) is 6.55. The number of thioether (sulfide) groups is 1. The molecule has 0 amide bonds. The van der Waals surface area contributed by atoms with Crippen LogP contribution in [0.2, 0.25) is 0 Å². The lowest BCUT2D eigenvalue weighted by Crippen LogP contribution is -2.15. The molecule has 82 valence electrons. The summed E-state index contributed by atoms with van der Waals surface area (Å²) in [5.74, 6) is 0.914. The van der Waals surface area contributed by atoms with Crippen LogP contribution in [-0.2, 0) is 4.74 Å². The first kappa shape index (κ1) is 10.9. The molecular formula is C9H11NO3S2. The lowest BCUT2D eigenvalue weighted by atomic mass is 10.4. The minimum Gasteiger partial charge on any atom is -0.476 e. The molecule has 1 aromatic rings. The van der Waals surface area contributed by atoms with Crippen molar-refractivity contribution in [2.45, 2.75) is 13.0 Å². The summed E-state index contributed by atoms with van der Waals surface area (Å²) in [6, 6.07) is 0. The van der Waals surface area contributed by atoms with E-state index in [-0.39, 0.29) is 11.8 Å². The summed E-state index contributed by atoms with van der Waals surface area (Å²) in [4.78, 5) is 15.7. The maximum Gasteiger partial charge on any atom is 0.355 e. The highest BCUT2D eigenvalue weighted by Crippen LogP contribution is 2.30. The predicted octanol–water partition coefficient (Wildman–Crippen LogP) is 1.95. The average molecular weight is 245 g/mol. The summed E-state index contributed by atoms with van der Waals surface area (Å²) < 4.78 is 5.55. The molecule has 2 rings (SSSR count). The van der Waals surface area contributed by atoms with Crippen LogP contribution in [0.15, 0.2) is 0 Å². The van der Waals surface area contributed by atoms with Crippen LogP contribution in [0.1, 0.15) is 26.5 Å². The van der Waals surface area contributed by atoms with Gasteiger partial charge in [0.2, 0.25) is 0 Å². The van der Waals surface area contributed by atoms with Crippen LogP contribution < -0.4 is 0 Å². The van der Waals surface area contributed by atoms with Crippen molar-refractivity contribution in [3.8, 4) is 0 Å². The molecule has 0 aromatic carbocycles. The molecule has 0 saturated carbocycles. The summed E-state index contributed by atoms with van der Waals surface area (Å²) in [6.45, 7) is 2.50. The van der Waals surface area contributed by atoms with Crippen LogP contribution in [-0.4, -0.2) is 34.2 Å². The number of aryl methyl sites for hydroxylation is 1. The molecule has 0 aliphatic carbocycles. The Labute approximate surface area is 95.7 Å². The Morgan fingerprint density at radius 1 is 1.67 bits per heavy atom. The molecule has 15 heavy (non-hydrogen) atoms. The summed E-state index contributed by atoms with van der Waals surface area (Å²) in [7, 11) is 0. The van der Waals surface area contributed by atoms with E-state index in [1.54, 1.807) is 6.92 Å². The molecule has 1 aliphatic heterocycles. The largest absolute Gasteiger partial charge is 0.476 e. The SMILES string of the molecule is Cc1sc(C2CSCCO2)nc1C(=O)O. The zero-order valence-corrected chi connectivity index (χ0v) is 9.86. The lowest BCUT2D eigenvalue weighted by Gasteiger charge is -2.19. The lowest BCUT2D eigenvalue weighted by molar-refractivity contribution is 0.0681. The van der Waals surface area contributed by atoms with Crippen LogP contribution in [0.5, 0.6) is 0 Å². The molecule has 1 aromatic heterocycles. The third kappa shape index (κ3) is 2.32. The van der Waals surface area contributed by atoms with Gasteiger partial charge in [0.1, 0.15) is 11.1 Å². The minimum atomic E-state index is -0.960. The Hall–Kier alpha value is -0.590. The standard InChI is InChI=1S/C9H11NO3S2/c1-5-7(9(11)12)10-8(15-5)6-4-14-3-2-13-6/h6H,2-4H2,1H3,(H,11,12). The van der Waals surface area contributed by atoms with Crippen molar-refractivity contribution >= 4 is 29.1 Å². The number of aromatic carboxylic acids is 1. The van der Waals surface area contributed by atoms with Gasteiger partial charge in [-0.25, -0.2) is 9.78 Å². The third-order valence-corrected chi connectivity index (χ3v) is 4.16. The van der Waals surface area contributed by atoms with Gasteiger partial charge in [0.15, 0.2) is 5.69 Å². The fourth-order valence-electron chi connectivity index (χ4n) is 1.38. The number of hydrogen-bond donors (Lipinski definition) is 1. The van der Waals surface area contributed by atoms with Crippen LogP contribution in [0.4, 0.5) is 0 Å². The summed E-state index contributed by atoms with van der Waals surface area (Å²) in [6.07, 6.45) is -0.0273. The van der Waals surface area contributed by atoms with Crippen molar-refractivity contribution in [3.63, 3.8) is 0 Å². The number of carboxylic acids is 1. The molecule has 0 spiro atoms. The van der Waals surface area contributed by atoms with Gasteiger partial charge < -0.3 is 9.84 Å². The molecule has 1 unspecified atom stereocenters. The first-order chi connectivity index (χ1) is 7.18. The van der Waals surface area contributed by atoms with Gasteiger partial charge in [-0.1, -0.05) is 0 Å². The molecule has 2 heterocycles. The van der Waals surface area contributed by atoms with E-state index in [1.165, 1.54) is 11.3 Å². The van der Waals surface area contributed by atoms with E-state index >= 15 is 0 Å². The minimum absolute atomic E-state index is 0.0273. The van der Waals surface area contributed by atoms with Gasteiger partial charge in [-0.05, 0) is 6.92 Å². The van der Waals surface area contributed by atoms with Gasteiger partial charge in [0.25, 0.3) is 0 Å². The Balaban J connectivity index is 2.21. The van der Waals surface area contributed by atoms with E-state index < -0.39 is 5.97 Å². The van der Waals surface area contributed by atoms with Crippen molar-refractivity contribution < 1.29 is 14.6 Å². The van der Waals surface area contributed by atoms with Crippen molar-refractivity contribution in [1.29, 1.82) is 0 Å². The van der Waals surface area contributed by atoms with Crippen molar-refractivity contribution in [2.24, 2.45) is 0 Å². The molecule has 4 nitrogen and oxygen atoms in total. The van der Waals surface area contributed by atoms with E-state index in [0.29, 0.717) is 0 Å². The topological polar surface area (TPSA) is 59.4 Å². The van der Waals surface area contributed by atoms with Crippen molar-refractivity contribution in [2.75, 3.05) is 18.1 Å². The second kappa shape index (κ2) is 4.51. The molecule has 0 radical (unpaired) electrons. The van der Waals surface area contributed by atoms with E-state index in [2.05, 4.69) is 4.98 Å². The fourth-order valence-corrected chi connectivity index (χ4v) is 3.30. The maximum atomic E-state index is 10.8. The van der Waals surface area contributed by atoms with Gasteiger partial charge in [0.05, 0.1) is 6.61 Å². The number of aromatic nitrogens is 1. The highest BCUT2D eigenvalue weighted by molar-refractivity contribution is 7.99. The monoisotopic (exact) mass is 245 g/mol. The van der Waals surface area contributed by atoms with Gasteiger partial charge in [0, 0.05) is 16.4 Å². The van der Waals surface area contributed by atoms with Gasteiger partial charge in [-0.2, -0.15) is 11.8 Å². The number of ether oxygens (including phenoxy) is 1. The number of hydrogen-bond acceptors (Lipinski definition) is 5. The predicted molar refractivity (Wildman–Crippen MR) is 59.8 cm³/mol. The smallest absolute Gasteiger partial charge is 0.355 e. The fraction of sp³-hybridized carbons (Fsp3) is 0.556. The second-order valence-corrected chi connectivity index (χ2v) is 5.58. The molecule has 1 aliphatic rings. The Kier molecular flexibility index (Phi) is 3.28. The van der Waals surface area contributed by atoms with E-state index in [1.807, 2.05) is 11.8 Å². The van der Waals surface area contributed by atoms with Gasteiger partial charge >= 0.3 is 5.97 Å². The van der Waals surface area contributed by atoms with E-state index in [0.717, 1.165) is 28.0 Å². The molecule has 1 fully saturated rings. The molecule has 1 saturated heterocycles. The van der Waals surface area contributed by atoms with Crippen molar-refractivity contribution in [1.82, 2.24) is 4.98 Å². The molecule has 0 bridgehead atoms. The summed E-state index contributed by atoms with van der Waals surface area (Å²) in [5, 5.41) is 9.66. The number of carbonyl (C=O) groups is 1. The zero-order valence-electron chi connectivity index (χ0n) is 8.23. The molecular weight excluding hydrogens is 234 g/mol. The number of rotatable bonds is 2. The zero-order chi connectivity index (χ0) is 10.8. The molecule has 1 atom stereocenters. The van der Waals surface area contributed by atoms with Crippen LogP contribution in [0.3, 0.4) is 0 Å². The number of nitrogens with zero attached hydrogens (tertiary/aromatic N) is 1. The van der Waals surface area contributed by atoms with Crippen LogP contribution in [0, 0.1) is 6.92 Å². The summed E-state index contributed by atoms with van der Waals surface area (Å²) >= 11 is 3.23. The Morgan fingerprint density at radius 3 is 3.00 bits per heavy atom. The molecule has 6 heteroatoms. The summed E-state index contributed by atoms with van der Waals surface area (Å²) in [5.41, 5.74) is 0.161. The normalized spacial score (nSPS) is 21.5. The quantitative estimate of drug-likeness (QED) is 0.863. The van der Waals surface area contributed by atoms with Crippen molar-refractivity contribution in [3.05, 3.63) is 15.6 Å². The van der Waals surface area contributed by atoms with E-state index in [4.69, 9.17) is 9.84 Å². The Bertz CT molecular complexity index is 371.